The van der Waals surface area contributed by atoms with Crippen molar-refractivity contribution in [1.82, 2.24) is 10.2 Å². The van der Waals surface area contributed by atoms with Crippen molar-refractivity contribution in [2.75, 3.05) is 19.6 Å². The number of hydrogen-bond acceptors (Lipinski definition) is 2. The molecule has 0 radical (unpaired) electrons. The van der Waals surface area contributed by atoms with Crippen molar-refractivity contribution in [3.8, 4) is 0 Å². The molecule has 1 heterocycles. The number of carbonyl (C=O) groups is 1. The molecule has 2 rings (SSSR count). The minimum atomic E-state index is -0.911. The van der Waals surface area contributed by atoms with Crippen LogP contribution in [-0.2, 0) is 6.42 Å². The van der Waals surface area contributed by atoms with E-state index in [-0.39, 0.29) is 6.04 Å². The second-order valence-corrected chi connectivity index (χ2v) is 5.73. The molecule has 0 spiro atoms. The van der Waals surface area contributed by atoms with Gasteiger partial charge in [0.05, 0.1) is 0 Å². The normalized spacial score (nSPS) is 17.1. The summed E-state index contributed by atoms with van der Waals surface area (Å²) in [5.41, 5.74) is 1.32. The van der Waals surface area contributed by atoms with Crippen LogP contribution >= 0.6 is 11.6 Å². The molecule has 1 aliphatic rings. The number of likely N-dealkylation sites (tertiary alicyclic amines) is 1. The number of amides is 1. The van der Waals surface area contributed by atoms with E-state index < -0.39 is 6.09 Å². The van der Waals surface area contributed by atoms with E-state index in [0.29, 0.717) is 0 Å². The zero-order valence-corrected chi connectivity index (χ0v) is 12.3. The predicted molar refractivity (Wildman–Crippen MR) is 80.4 cm³/mol. The highest BCUT2D eigenvalue weighted by molar-refractivity contribution is 6.30. The Labute approximate surface area is 124 Å². The zero-order chi connectivity index (χ0) is 14.4. The number of nitrogens with one attached hydrogen (secondary N) is 1. The van der Waals surface area contributed by atoms with E-state index in [9.17, 15) is 4.79 Å². The van der Waals surface area contributed by atoms with Gasteiger partial charge in [-0.05, 0) is 49.9 Å². The number of halogens is 1. The Bertz CT molecular complexity index is 428. The van der Waals surface area contributed by atoms with E-state index in [1.807, 2.05) is 12.1 Å². The van der Waals surface area contributed by atoms with Crippen molar-refractivity contribution in [3.05, 3.63) is 34.9 Å². The molecule has 4 nitrogen and oxygen atoms in total. The van der Waals surface area contributed by atoms with Crippen molar-refractivity contribution in [2.24, 2.45) is 0 Å². The summed E-state index contributed by atoms with van der Waals surface area (Å²) in [5.74, 6) is 0. The molecule has 110 valence electrons. The molecule has 5 heteroatoms. The highest BCUT2D eigenvalue weighted by atomic mass is 35.5. The van der Waals surface area contributed by atoms with Crippen molar-refractivity contribution < 1.29 is 9.90 Å². The van der Waals surface area contributed by atoms with Gasteiger partial charge < -0.3 is 15.3 Å². The van der Waals surface area contributed by atoms with Gasteiger partial charge >= 0.3 is 6.09 Å². The molecule has 1 amide bonds. The lowest BCUT2D eigenvalue weighted by Crippen LogP contribution is -2.44. The number of piperidine rings is 1. The van der Waals surface area contributed by atoms with E-state index in [1.165, 1.54) is 5.56 Å². The van der Waals surface area contributed by atoms with Crippen LogP contribution in [-0.4, -0.2) is 41.8 Å². The van der Waals surface area contributed by atoms with Crippen LogP contribution in [0.2, 0.25) is 5.02 Å². The first-order chi connectivity index (χ1) is 9.63. The zero-order valence-electron chi connectivity index (χ0n) is 11.5. The molecular weight excluding hydrogens is 276 g/mol. The Kier molecular flexibility index (Phi) is 5.68. The molecule has 0 unspecified atom stereocenters. The van der Waals surface area contributed by atoms with Gasteiger partial charge in [-0.2, -0.15) is 0 Å². The summed E-state index contributed by atoms with van der Waals surface area (Å²) in [5, 5.41) is 12.0. The molecule has 1 aromatic rings. The minimum absolute atomic E-state index is 0.125. The third kappa shape index (κ3) is 5.02. The third-order valence-corrected chi connectivity index (χ3v) is 4.02. The number of hydrogen-bond donors (Lipinski definition) is 2. The molecule has 0 aliphatic carbocycles. The number of rotatable bonds is 5. The van der Waals surface area contributed by atoms with Crippen molar-refractivity contribution >= 4 is 17.7 Å². The average Bonchev–Trinajstić information content (AvgIpc) is 2.42. The van der Waals surface area contributed by atoms with Crippen LogP contribution in [0, 0.1) is 0 Å². The van der Waals surface area contributed by atoms with E-state index in [4.69, 9.17) is 16.7 Å². The smallest absolute Gasteiger partial charge is 0.404 e. The second kappa shape index (κ2) is 7.50. The Hall–Kier alpha value is -1.26. The van der Waals surface area contributed by atoms with Crippen molar-refractivity contribution in [1.29, 1.82) is 0 Å². The van der Waals surface area contributed by atoms with E-state index in [1.54, 1.807) is 0 Å². The molecule has 2 N–H and O–H groups in total. The van der Waals surface area contributed by atoms with Crippen LogP contribution in [0.3, 0.4) is 0 Å². The monoisotopic (exact) mass is 296 g/mol. The summed E-state index contributed by atoms with van der Waals surface area (Å²) >= 11 is 5.86. The molecule has 1 fully saturated rings. The Morgan fingerprint density at radius 2 is 1.95 bits per heavy atom. The van der Waals surface area contributed by atoms with Gasteiger partial charge in [0.25, 0.3) is 0 Å². The number of benzene rings is 1. The largest absolute Gasteiger partial charge is 0.465 e. The SMILES string of the molecule is O=C(O)NC1CCN(CCCc2ccc(Cl)cc2)CC1. The molecule has 1 saturated heterocycles. The van der Waals surface area contributed by atoms with Gasteiger partial charge in [0.15, 0.2) is 0 Å². The van der Waals surface area contributed by atoms with Gasteiger partial charge in [0, 0.05) is 24.2 Å². The maximum Gasteiger partial charge on any atom is 0.404 e. The number of carboxylic acid groups (broad SMARTS) is 1. The predicted octanol–water partition coefficient (Wildman–Crippen LogP) is 3.00. The van der Waals surface area contributed by atoms with E-state index in [0.717, 1.165) is 50.3 Å². The molecule has 1 aromatic carbocycles. The molecule has 1 aliphatic heterocycles. The van der Waals surface area contributed by atoms with Gasteiger partial charge in [-0.1, -0.05) is 23.7 Å². The first-order valence-corrected chi connectivity index (χ1v) is 7.47. The quantitative estimate of drug-likeness (QED) is 0.878. The number of aryl methyl sites for hydroxylation is 1. The Morgan fingerprint density at radius 1 is 1.30 bits per heavy atom. The summed E-state index contributed by atoms with van der Waals surface area (Å²) in [4.78, 5) is 13.0. The fourth-order valence-electron chi connectivity index (χ4n) is 2.63. The van der Waals surface area contributed by atoms with Gasteiger partial charge in [-0.15, -0.1) is 0 Å². The molecule has 0 aromatic heterocycles. The highest BCUT2D eigenvalue weighted by Gasteiger charge is 2.19. The van der Waals surface area contributed by atoms with Crippen LogP contribution in [0.15, 0.2) is 24.3 Å². The van der Waals surface area contributed by atoms with Crippen LogP contribution in [0.1, 0.15) is 24.8 Å². The molecular formula is C15H21ClN2O2. The summed E-state index contributed by atoms with van der Waals surface area (Å²) in [6, 6.07) is 8.14. The first kappa shape index (κ1) is 15.1. The lowest BCUT2D eigenvalue weighted by atomic mass is 10.0. The number of nitrogens with zero attached hydrogens (tertiary/aromatic N) is 1. The maximum absolute atomic E-state index is 10.6. The van der Waals surface area contributed by atoms with E-state index in [2.05, 4.69) is 22.3 Å². The Morgan fingerprint density at radius 3 is 2.55 bits per heavy atom. The van der Waals surface area contributed by atoms with Gasteiger partial charge in [0.2, 0.25) is 0 Å². The summed E-state index contributed by atoms with van der Waals surface area (Å²) in [7, 11) is 0. The molecule has 0 atom stereocenters. The van der Waals surface area contributed by atoms with Crippen LogP contribution < -0.4 is 5.32 Å². The summed E-state index contributed by atoms with van der Waals surface area (Å²) in [6.07, 6.45) is 3.09. The highest BCUT2D eigenvalue weighted by Crippen LogP contribution is 2.13. The minimum Gasteiger partial charge on any atom is -0.465 e. The van der Waals surface area contributed by atoms with Gasteiger partial charge in [-0.3, -0.25) is 0 Å². The van der Waals surface area contributed by atoms with Crippen LogP contribution in [0.25, 0.3) is 0 Å². The van der Waals surface area contributed by atoms with Crippen molar-refractivity contribution in [3.63, 3.8) is 0 Å². The van der Waals surface area contributed by atoms with Crippen LogP contribution in [0.4, 0.5) is 4.79 Å². The average molecular weight is 297 g/mol. The standard InChI is InChI=1S/C15H21ClN2O2/c16-13-5-3-12(4-6-13)2-1-9-18-10-7-14(8-11-18)17-15(19)20/h3-6,14,17H,1-2,7-11H2,(H,19,20). The summed E-state index contributed by atoms with van der Waals surface area (Å²) < 4.78 is 0. The maximum atomic E-state index is 10.6. The second-order valence-electron chi connectivity index (χ2n) is 5.30. The fraction of sp³-hybridized carbons (Fsp3) is 0.533. The van der Waals surface area contributed by atoms with E-state index >= 15 is 0 Å². The topological polar surface area (TPSA) is 52.6 Å². The lowest BCUT2D eigenvalue weighted by molar-refractivity contribution is 0.167. The molecule has 0 saturated carbocycles. The lowest BCUT2D eigenvalue weighted by Gasteiger charge is -2.31. The summed E-state index contributed by atoms with van der Waals surface area (Å²) in [6.45, 7) is 3.03. The molecule has 20 heavy (non-hydrogen) atoms. The third-order valence-electron chi connectivity index (χ3n) is 3.77. The van der Waals surface area contributed by atoms with Gasteiger partial charge in [0.1, 0.15) is 0 Å². The van der Waals surface area contributed by atoms with Crippen LogP contribution in [0.5, 0.6) is 0 Å². The van der Waals surface area contributed by atoms with Crippen molar-refractivity contribution in [2.45, 2.75) is 31.7 Å². The Balaban J connectivity index is 1.63. The first-order valence-electron chi connectivity index (χ1n) is 7.10. The van der Waals surface area contributed by atoms with Gasteiger partial charge in [-0.25, -0.2) is 4.79 Å². The molecule has 0 bridgehead atoms. The fourth-order valence-corrected chi connectivity index (χ4v) is 2.76.